The second kappa shape index (κ2) is 9.27. The number of hydrogen-bond acceptors (Lipinski definition) is 4. The number of amides is 2. The molecule has 26 heavy (non-hydrogen) atoms. The Morgan fingerprint density at radius 2 is 1.92 bits per heavy atom. The summed E-state index contributed by atoms with van der Waals surface area (Å²) in [5.41, 5.74) is 6.68. The molecule has 3 N–H and O–H groups in total. The molecule has 0 bridgehead atoms. The molecule has 2 rings (SSSR count). The van der Waals surface area contributed by atoms with Gasteiger partial charge < -0.3 is 20.5 Å². The Morgan fingerprint density at radius 3 is 2.54 bits per heavy atom. The van der Waals surface area contributed by atoms with Crippen molar-refractivity contribution in [1.82, 2.24) is 5.32 Å². The summed E-state index contributed by atoms with van der Waals surface area (Å²) < 4.78 is 10.7. The van der Waals surface area contributed by atoms with E-state index in [-0.39, 0.29) is 0 Å². The Hall–Kier alpha value is -3.28. The maximum atomic E-state index is 12.5. The minimum Gasteiger partial charge on any atom is -0.493 e. The van der Waals surface area contributed by atoms with Crippen molar-refractivity contribution in [1.29, 1.82) is 0 Å². The first-order valence-electron chi connectivity index (χ1n) is 8.11. The molecule has 0 heterocycles. The standard InChI is InChI=1S/C20H22N2O4/c1-3-11-26-17-10-9-15(13-18(17)25-2)20(24)22-16(19(21)23)12-14-7-5-4-6-8-14/h3-10,13,16H,1,11-12H2,2H3,(H2,21,23)(H,22,24). The van der Waals surface area contributed by atoms with Gasteiger partial charge in [-0.15, -0.1) is 0 Å². The fourth-order valence-electron chi connectivity index (χ4n) is 2.39. The summed E-state index contributed by atoms with van der Waals surface area (Å²) >= 11 is 0. The van der Waals surface area contributed by atoms with Crippen LogP contribution in [0, 0.1) is 0 Å². The number of nitrogens with one attached hydrogen (secondary N) is 1. The lowest BCUT2D eigenvalue weighted by Gasteiger charge is -2.16. The number of primary amides is 1. The summed E-state index contributed by atoms with van der Waals surface area (Å²) in [6, 6.07) is 13.3. The number of hydrogen-bond donors (Lipinski definition) is 2. The van der Waals surface area contributed by atoms with E-state index >= 15 is 0 Å². The summed E-state index contributed by atoms with van der Waals surface area (Å²) in [5.74, 6) is -0.101. The molecule has 2 aromatic carbocycles. The summed E-state index contributed by atoms with van der Waals surface area (Å²) in [6.45, 7) is 3.91. The number of rotatable bonds is 9. The van der Waals surface area contributed by atoms with Crippen molar-refractivity contribution in [2.45, 2.75) is 12.5 Å². The third-order valence-corrected chi connectivity index (χ3v) is 3.71. The molecule has 2 aromatic rings. The van der Waals surface area contributed by atoms with Gasteiger partial charge in [-0.05, 0) is 23.8 Å². The van der Waals surface area contributed by atoms with E-state index in [0.29, 0.717) is 30.1 Å². The molecule has 1 unspecified atom stereocenters. The Labute approximate surface area is 152 Å². The van der Waals surface area contributed by atoms with Gasteiger partial charge in [0.15, 0.2) is 11.5 Å². The molecular weight excluding hydrogens is 332 g/mol. The predicted octanol–water partition coefficient (Wildman–Crippen LogP) is 2.09. The zero-order valence-corrected chi connectivity index (χ0v) is 14.6. The van der Waals surface area contributed by atoms with E-state index in [2.05, 4.69) is 11.9 Å². The van der Waals surface area contributed by atoms with E-state index in [1.807, 2.05) is 30.3 Å². The van der Waals surface area contributed by atoms with Crippen molar-refractivity contribution in [3.8, 4) is 11.5 Å². The normalized spacial score (nSPS) is 11.3. The molecule has 0 aliphatic rings. The zero-order chi connectivity index (χ0) is 18.9. The van der Waals surface area contributed by atoms with E-state index in [0.717, 1.165) is 5.56 Å². The second-order valence-electron chi connectivity index (χ2n) is 5.58. The van der Waals surface area contributed by atoms with Crippen LogP contribution in [0.1, 0.15) is 15.9 Å². The smallest absolute Gasteiger partial charge is 0.252 e. The van der Waals surface area contributed by atoms with Crippen molar-refractivity contribution in [2.75, 3.05) is 13.7 Å². The highest BCUT2D eigenvalue weighted by atomic mass is 16.5. The Bertz CT molecular complexity index is 775. The maximum absolute atomic E-state index is 12.5. The summed E-state index contributed by atoms with van der Waals surface area (Å²) in [5, 5.41) is 2.67. The number of methoxy groups -OCH3 is 1. The first kappa shape index (κ1) is 19.1. The zero-order valence-electron chi connectivity index (χ0n) is 14.6. The van der Waals surface area contributed by atoms with Crippen molar-refractivity contribution >= 4 is 11.8 Å². The SMILES string of the molecule is C=CCOc1ccc(C(=O)NC(Cc2ccccc2)C(N)=O)cc1OC. The molecule has 0 radical (unpaired) electrons. The summed E-state index contributed by atoms with van der Waals surface area (Å²) in [6.07, 6.45) is 1.93. The van der Waals surface area contributed by atoms with Crippen LogP contribution in [-0.2, 0) is 11.2 Å². The van der Waals surface area contributed by atoms with E-state index in [1.165, 1.54) is 7.11 Å². The van der Waals surface area contributed by atoms with Crippen molar-refractivity contribution in [3.63, 3.8) is 0 Å². The Kier molecular flexibility index (Phi) is 6.79. The van der Waals surface area contributed by atoms with Crippen LogP contribution in [0.3, 0.4) is 0 Å². The third kappa shape index (κ3) is 5.11. The van der Waals surface area contributed by atoms with Gasteiger partial charge in [-0.3, -0.25) is 9.59 Å². The molecule has 6 nitrogen and oxygen atoms in total. The van der Waals surface area contributed by atoms with Crippen LogP contribution in [0.5, 0.6) is 11.5 Å². The number of carbonyl (C=O) groups excluding carboxylic acids is 2. The minimum atomic E-state index is -0.812. The van der Waals surface area contributed by atoms with Gasteiger partial charge in [-0.25, -0.2) is 0 Å². The minimum absolute atomic E-state index is 0.319. The highest BCUT2D eigenvalue weighted by Crippen LogP contribution is 2.28. The largest absolute Gasteiger partial charge is 0.493 e. The molecule has 0 fully saturated rings. The Balaban J connectivity index is 2.13. The van der Waals surface area contributed by atoms with Gasteiger partial charge in [0, 0.05) is 12.0 Å². The second-order valence-corrected chi connectivity index (χ2v) is 5.58. The van der Waals surface area contributed by atoms with Gasteiger partial charge >= 0.3 is 0 Å². The average Bonchev–Trinajstić information content (AvgIpc) is 2.66. The van der Waals surface area contributed by atoms with Gasteiger partial charge in [0.1, 0.15) is 12.6 Å². The van der Waals surface area contributed by atoms with Crippen LogP contribution in [0.25, 0.3) is 0 Å². The van der Waals surface area contributed by atoms with E-state index in [1.54, 1.807) is 24.3 Å². The van der Waals surface area contributed by atoms with Crippen molar-refractivity contribution in [2.24, 2.45) is 5.73 Å². The lowest BCUT2D eigenvalue weighted by molar-refractivity contribution is -0.119. The number of benzene rings is 2. The van der Waals surface area contributed by atoms with Crippen LogP contribution in [-0.4, -0.2) is 31.6 Å². The molecular formula is C20H22N2O4. The van der Waals surface area contributed by atoms with Crippen LogP contribution in [0.2, 0.25) is 0 Å². The lowest BCUT2D eigenvalue weighted by atomic mass is 10.0. The van der Waals surface area contributed by atoms with Crippen LogP contribution in [0.4, 0.5) is 0 Å². The fourth-order valence-corrected chi connectivity index (χ4v) is 2.39. The highest BCUT2D eigenvalue weighted by molar-refractivity contribution is 5.97. The maximum Gasteiger partial charge on any atom is 0.252 e. The lowest BCUT2D eigenvalue weighted by Crippen LogP contribution is -2.45. The van der Waals surface area contributed by atoms with Gasteiger partial charge in [0.2, 0.25) is 5.91 Å². The van der Waals surface area contributed by atoms with Gasteiger partial charge in [0.05, 0.1) is 7.11 Å². The van der Waals surface area contributed by atoms with Crippen molar-refractivity contribution in [3.05, 3.63) is 72.3 Å². The quantitative estimate of drug-likeness (QED) is 0.675. The van der Waals surface area contributed by atoms with E-state index < -0.39 is 17.9 Å². The van der Waals surface area contributed by atoms with Crippen LogP contribution in [0.15, 0.2) is 61.2 Å². The van der Waals surface area contributed by atoms with Gasteiger partial charge in [-0.2, -0.15) is 0 Å². The predicted molar refractivity (Wildman–Crippen MR) is 99.3 cm³/mol. The Morgan fingerprint density at radius 1 is 1.19 bits per heavy atom. The molecule has 2 amide bonds. The molecule has 6 heteroatoms. The molecule has 0 aromatic heterocycles. The van der Waals surface area contributed by atoms with E-state index in [9.17, 15) is 9.59 Å². The van der Waals surface area contributed by atoms with Gasteiger partial charge in [0.25, 0.3) is 5.91 Å². The van der Waals surface area contributed by atoms with Crippen LogP contribution >= 0.6 is 0 Å². The molecule has 136 valence electrons. The third-order valence-electron chi connectivity index (χ3n) is 3.71. The fraction of sp³-hybridized carbons (Fsp3) is 0.200. The molecule has 0 aliphatic heterocycles. The topological polar surface area (TPSA) is 90.6 Å². The molecule has 0 saturated heterocycles. The van der Waals surface area contributed by atoms with E-state index in [4.69, 9.17) is 15.2 Å². The molecule has 0 saturated carbocycles. The average molecular weight is 354 g/mol. The number of nitrogens with two attached hydrogens (primary N) is 1. The summed E-state index contributed by atoms with van der Waals surface area (Å²) in [4.78, 5) is 24.2. The number of ether oxygens (including phenoxy) is 2. The molecule has 0 spiro atoms. The molecule has 1 atom stereocenters. The monoisotopic (exact) mass is 354 g/mol. The molecule has 0 aliphatic carbocycles. The number of carbonyl (C=O) groups is 2. The summed E-state index contributed by atoms with van der Waals surface area (Å²) in [7, 11) is 1.49. The first-order chi connectivity index (χ1) is 12.5. The highest BCUT2D eigenvalue weighted by Gasteiger charge is 2.20. The first-order valence-corrected chi connectivity index (χ1v) is 8.11. The van der Waals surface area contributed by atoms with Crippen molar-refractivity contribution < 1.29 is 19.1 Å². The van der Waals surface area contributed by atoms with Gasteiger partial charge in [-0.1, -0.05) is 43.0 Å². The van der Waals surface area contributed by atoms with Crippen LogP contribution < -0.4 is 20.5 Å².